The number of nitrogens with zero attached hydrogens (tertiary/aromatic N) is 1. The molecule has 1 aliphatic heterocycles. The van der Waals surface area contributed by atoms with Gasteiger partial charge in [0.05, 0.1) is 6.04 Å². The SMILES string of the molecule is CC(=O)O[C@H]1CC[C@H]2[C@@H]3CCC4=CC(=O)CC[C@]4([C@H]4CN4C(C)=O)[C@H]3CC[C@]12C. The zero-order chi connectivity index (χ0) is 20.6. The smallest absolute Gasteiger partial charge is 0.302 e. The summed E-state index contributed by atoms with van der Waals surface area (Å²) in [7, 11) is 0. The minimum atomic E-state index is -0.162. The van der Waals surface area contributed by atoms with Gasteiger partial charge in [0.1, 0.15) is 6.10 Å². The highest BCUT2D eigenvalue weighted by Gasteiger charge is 2.66. The summed E-state index contributed by atoms with van der Waals surface area (Å²) in [5, 5.41) is 0. The normalized spacial score (nSPS) is 45.6. The highest BCUT2D eigenvalue weighted by atomic mass is 16.5. The van der Waals surface area contributed by atoms with E-state index in [-0.39, 0.29) is 40.6 Å². The molecule has 3 saturated carbocycles. The van der Waals surface area contributed by atoms with E-state index in [1.165, 1.54) is 12.5 Å². The fourth-order valence-electron chi connectivity index (χ4n) is 8.17. The molecule has 5 aliphatic rings. The van der Waals surface area contributed by atoms with E-state index in [1.807, 2.05) is 11.0 Å². The molecule has 0 spiro atoms. The molecular formula is C24H33NO4. The molecule has 5 heteroatoms. The summed E-state index contributed by atoms with van der Waals surface area (Å²) in [5.74, 6) is 1.99. The van der Waals surface area contributed by atoms with E-state index in [0.717, 1.165) is 51.5 Å². The lowest BCUT2D eigenvalue weighted by Gasteiger charge is -2.59. The minimum Gasteiger partial charge on any atom is -0.462 e. The number of carbonyl (C=O) groups excluding carboxylic acids is 3. The van der Waals surface area contributed by atoms with Gasteiger partial charge in [0.15, 0.2) is 5.78 Å². The summed E-state index contributed by atoms with van der Waals surface area (Å²) >= 11 is 0. The molecule has 0 unspecified atom stereocenters. The summed E-state index contributed by atoms with van der Waals surface area (Å²) in [4.78, 5) is 38.1. The molecule has 0 aromatic carbocycles. The maximum atomic E-state index is 12.3. The van der Waals surface area contributed by atoms with Crippen molar-refractivity contribution >= 4 is 17.7 Å². The molecule has 1 saturated heterocycles. The van der Waals surface area contributed by atoms with Crippen LogP contribution in [0.1, 0.15) is 72.1 Å². The van der Waals surface area contributed by atoms with Crippen molar-refractivity contribution in [3.05, 3.63) is 11.6 Å². The highest BCUT2D eigenvalue weighted by molar-refractivity contribution is 5.92. The number of esters is 1. The van der Waals surface area contributed by atoms with Crippen LogP contribution in [0.2, 0.25) is 0 Å². The van der Waals surface area contributed by atoms with Crippen molar-refractivity contribution in [1.29, 1.82) is 0 Å². The first kappa shape index (κ1) is 19.3. The van der Waals surface area contributed by atoms with Gasteiger partial charge in [-0.15, -0.1) is 0 Å². The van der Waals surface area contributed by atoms with Gasteiger partial charge in [-0.1, -0.05) is 12.5 Å². The van der Waals surface area contributed by atoms with Gasteiger partial charge < -0.3 is 9.64 Å². The van der Waals surface area contributed by atoms with Gasteiger partial charge >= 0.3 is 5.97 Å². The van der Waals surface area contributed by atoms with E-state index >= 15 is 0 Å². The van der Waals surface area contributed by atoms with Crippen molar-refractivity contribution in [3.63, 3.8) is 0 Å². The average molecular weight is 400 g/mol. The molecule has 4 fully saturated rings. The first-order valence-electron chi connectivity index (χ1n) is 11.5. The number of fused-ring (bicyclic) bond motifs is 5. The molecule has 7 atom stereocenters. The van der Waals surface area contributed by atoms with Crippen LogP contribution in [-0.4, -0.2) is 41.3 Å². The summed E-state index contributed by atoms with van der Waals surface area (Å²) in [6, 6.07) is 0.280. The topological polar surface area (TPSA) is 63.5 Å². The van der Waals surface area contributed by atoms with Crippen molar-refractivity contribution in [2.45, 2.75) is 84.3 Å². The summed E-state index contributed by atoms with van der Waals surface area (Å²) in [5.41, 5.74) is 1.41. The van der Waals surface area contributed by atoms with Crippen molar-refractivity contribution < 1.29 is 19.1 Å². The second-order valence-corrected chi connectivity index (χ2v) is 10.5. The molecule has 5 rings (SSSR count). The van der Waals surface area contributed by atoms with E-state index in [4.69, 9.17) is 4.74 Å². The summed E-state index contributed by atoms with van der Waals surface area (Å²) in [6.45, 7) is 6.39. The lowest BCUT2D eigenvalue weighted by atomic mass is 9.46. The molecule has 1 heterocycles. The Morgan fingerprint density at radius 3 is 2.55 bits per heavy atom. The molecular weight excluding hydrogens is 366 g/mol. The number of hydrogen-bond acceptors (Lipinski definition) is 4. The Labute approximate surface area is 173 Å². The molecule has 158 valence electrons. The van der Waals surface area contributed by atoms with Crippen LogP contribution < -0.4 is 0 Å². The molecule has 0 aromatic rings. The van der Waals surface area contributed by atoms with Gasteiger partial charge in [0.25, 0.3) is 0 Å². The van der Waals surface area contributed by atoms with Crippen LogP contribution in [0.5, 0.6) is 0 Å². The van der Waals surface area contributed by atoms with Crippen molar-refractivity contribution in [2.24, 2.45) is 28.6 Å². The number of rotatable bonds is 2. The molecule has 0 radical (unpaired) electrons. The van der Waals surface area contributed by atoms with Crippen LogP contribution in [0, 0.1) is 28.6 Å². The van der Waals surface area contributed by atoms with Crippen molar-refractivity contribution in [3.8, 4) is 0 Å². The lowest BCUT2D eigenvalue weighted by molar-refractivity contribution is -0.157. The Morgan fingerprint density at radius 1 is 1.07 bits per heavy atom. The van der Waals surface area contributed by atoms with Gasteiger partial charge in [0.2, 0.25) is 5.91 Å². The molecule has 0 bridgehead atoms. The van der Waals surface area contributed by atoms with E-state index in [1.54, 1.807) is 6.92 Å². The molecule has 0 aromatic heterocycles. The third kappa shape index (κ3) is 2.68. The average Bonchev–Trinajstić information content (AvgIpc) is 3.41. The van der Waals surface area contributed by atoms with E-state index in [9.17, 15) is 14.4 Å². The van der Waals surface area contributed by atoms with E-state index < -0.39 is 0 Å². The number of hydrogen-bond donors (Lipinski definition) is 0. The van der Waals surface area contributed by atoms with Gasteiger partial charge in [0, 0.05) is 37.6 Å². The fraction of sp³-hybridized carbons (Fsp3) is 0.792. The number of carbonyl (C=O) groups is 3. The largest absolute Gasteiger partial charge is 0.462 e. The van der Waals surface area contributed by atoms with Crippen molar-refractivity contribution in [1.82, 2.24) is 4.90 Å². The lowest BCUT2D eigenvalue weighted by Crippen LogP contribution is -2.55. The first-order chi connectivity index (χ1) is 13.8. The Kier molecular flexibility index (Phi) is 4.28. The Hall–Kier alpha value is -1.65. The maximum absolute atomic E-state index is 12.3. The van der Waals surface area contributed by atoms with Crippen LogP contribution in [0.15, 0.2) is 11.6 Å². The Morgan fingerprint density at radius 2 is 1.86 bits per heavy atom. The van der Waals surface area contributed by atoms with Crippen LogP contribution >= 0.6 is 0 Å². The van der Waals surface area contributed by atoms with Crippen LogP contribution in [-0.2, 0) is 19.1 Å². The predicted molar refractivity (Wildman–Crippen MR) is 108 cm³/mol. The quantitative estimate of drug-likeness (QED) is 0.525. The Balaban J connectivity index is 1.50. The predicted octanol–water partition coefficient (Wildman–Crippen LogP) is 3.66. The first-order valence-corrected chi connectivity index (χ1v) is 11.5. The van der Waals surface area contributed by atoms with Gasteiger partial charge in [-0.25, -0.2) is 0 Å². The molecule has 4 aliphatic carbocycles. The third-order valence-electron chi connectivity index (χ3n) is 9.40. The molecule has 5 nitrogen and oxygen atoms in total. The van der Waals surface area contributed by atoms with Gasteiger partial charge in [-0.2, -0.15) is 0 Å². The summed E-state index contributed by atoms with van der Waals surface area (Å²) in [6.07, 6.45) is 9.92. The Bertz CT molecular complexity index is 803. The number of ether oxygens (including phenoxy) is 1. The van der Waals surface area contributed by atoms with Gasteiger partial charge in [-0.05, 0) is 68.8 Å². The van der Waals surface area contributed by atoms with Crippen LogP contribution in [0.3, 0.4) is 0 Å². The monoisotopic (exact) mass is 399 g/mol. The fourth-order valence-corrected chi connectivity index (χ4v) is 8.17. The second-order valence-electron chi connectivity index (χ2n) is 10.5. The number of ketones is 1. The summed E-state index contributed by atoms with van der Waals surface area (Å²) < 4.78 is 5.77. The van der Waals surface area contributed by atoms with Crippen LogP contribution in [0.25, 0.3) is 0 Å². The second kappa shape index (κ2) is 6.42. The van der Waals surface area contributed by atoms with Gasteiger partial charge in [-0.3, -0.25) is 14.4 Å². The van der Waals surface area contributed by atoms with Crippen LogP contribution in [0.4, 0.5) is 0 Å². The number of amides is 1. The molecule has 1 amide bonds. The highest BCUT2D eigenvalue weighted by Crippen LogP contribution is 2.68. The standard InChI is InChI=1S/C24H33NO4/c1-14(26)25-13-21(25)24-11-8-17(28)12-16(24)4-5-18-19-6-7-22(29-15(2)27)23(19,3)10-9-20(18)24/h12,18-22H,4-11,13H2,1-3H3/t18-,19-,20-,21+,22-,23-,24+,25?/m0/s1. The maximum Gasteiger partial charge on any atom is 0.302 e. The minimum absolute atomic E-state index is 0.00332. The third-order valence-corrected chi connectivity index (χ3v) is 9.40. The van der Waals surface area contributed by atoms with Crippen molar-refractivity contribution in [2.75, 3.05) is 6.54 Å². The molecule has 0 N–H and O–H groups in total. The van der Waals surface area contributed by atoms with E-state index in [0.29, 0.717) is 24.2 Å². The zero-order valence-corrected chi connectivity index (χ0v) is 17.9. The molecule has 29 heavy (non-hydrogen) atoms. The zero-order valence-electron chi connectivity index (χ0n) is 17.9. The van der Waals surface area contributed by atoms with E-state index in [2.05, 4.69) is 6.92 Å².